The van der Waals surface area contributed by atoms with Gasteiger partial charge in [0.15, 0.2) is 0 Å². The van der Waals surface area contributed by atoms with Gasteiger partial charge in [-0.05, 0) is 37.1 Å². The summed E-state index contributed by atoms with van der Waals surface area (Å²) in [5.41, 5.74) is 6.83. The van der Waals surface area contributed by atoms with Crippen LogP contribution in [-0.2, 0) is 11.2 Å². The maximum Gasteiger partial charge on any atom is 0.228 e. The van der Waals surface area contributed by atoms with Crippen LogP contribution in [0, 0.1) is 5.92 Å². The van der Waals surface area contributed by atoms with E-state index < -0.39 is 0 Å². The minimum absolute atomic E-state index is 0.186. The van der Waals surface area contributed by atoms with E-state index in [1.165, 1.54) is 4.88 Å². The van der Waals surface area contributed by atoms with Crippen LogP contribution in [0.1, 0.15) is 25.5 Å². The van der Waals surface area contributed by atoms with Gasteiger partial charge in [0.2, 0.25) is 5.91 Å². The van der Waals surface area contributed by atoms with Gasteiger partial charge in [0, 0.05) is 24.5 Å². The molecule has 1 aliphatic heterocycles. The molecule has 1 fully saturated rings. The lowest BCUT2D eigenvalue weighted by Crippen LogP contribution is -2.43. The number of nitrogens with zero attached hydrogens (tertiary/aromatic N) is 2. The van der Waals surface area contributed by atoms with E-state index in [0.29, 0.717) is 12.3 Å². The Labute approximate surface area is 139 Å². The van der Waals surface area contributed by atoms with Crippen molar-refractivity contribution in [2.45, 2.75) is 32.2 Å². The number of hydrogen-bond donors (Lipinski definition) is 1. The lowest BCUT2D eigenvalue weighted by molar-refractivity contribution is -0.132. The van der Waals surface area contributed by atoms with Crippen LogP contribution in [0.15, 0.2) is 22.9 Å². The van der Waals surface area contributed by atoms with E-state index in [4.69, 9.17) is 5.73 Å². The SMILES string of the molecule is CC(N)C1CCN(C(=O)Cc2csc(-c3cccs3)n2)CC1. The molecule has 1 unspecified atom stereocenters. The predicted molar refractivity (Wildman–Crippen MR) is 92.1 cm³/mol. The molecular weight excluding hydrogens is 314 g/mol. The third-order valence-corrected chi connectivity index (χ3v) is 6.18. The normalized spacial score (nSPS) is 17.6. The number of aromatic nitrogens is 1. The average molecular weight is 335 g/mol. The second-order valence-corrected chi connectivity index (χ2v) is 7.68. The molecule has 6 heteroatoms. The summed E-state index contributed by atoms with van der Waals surface area (Å²) in [6, 6.07) is 4.31. The van der Waals surface area contributed by atoms with E-state index in [0.717, 1.165) is 36.6 Å². The average Bonchev–Trinajstić information content (AvgIpc) is 3.18. The van der Waals surface area contributed by atoms with Gasteiger partial charge in [0.05, 0.1) is 17.0 Å². The van der Waals surface area contributed by atoms with Crippen LogP contribution < -0.4 is 5.73 Å². The van der Waals surface area contributed by atoms with Gasteiger partial charge in [-0.3, -0.25) is 4.79 Å². The summed E-state index contributed by atoms with van der Waals surface area (Å²) >= 11 is 3.29. The van der Waals surface area contributed by atoms with E-state index in [1.807, 2.05) is 21.7 Å². The molecule has 1 atom stereocenters. The van der Waals surface area contributed by atoms with Crippen molar-refractivity contribution in [3.63, 3.8) is 0 Å². The quantitative estimate of drug-likeness (QED) is 0.934. The molecule has 0 aromatic carbocycles. The van der Waals surface area contributed by atoms with E-state index in [2.05, 4.69) is 18.0 Å². The van der Waals surface area contributed by atoms with Crippen LogP contribution in [-0.4, -0.2) is 34.9 Å². The van der Waals surface area contributed by atoms with Crippen LogP contribution in [0.5, 0.6) is 0 Å². The summed E-state index contributed by atoms with van der Waals surface area (Å²) in [5, 5.41) is 5.06. The van der Waals surface area contributed by atoms with Gasteiger partial charge in [0.25, 0.3) is 0 Å². The van der Waals surface area contributed by atoms with Gasteiger partial charge in [-0.25, -0.2) is 4.98 Å². The molecule has 1 saturated heterocycles. The number of piperidine rings is 1. The first-order valence-electron chi connectivity index (χ1n) is 7.65. The summed E-state index contributed by atoms with van der Waals surface area (Å²) in [6.07, 6.45) is 2.44. The fraction of sp³-hybridized carbons (Fsp3) is 0.500. The molecule has 4 nitrogen and oxygen atoms in total. The van der Waals surface area contributed by atoms with Gasteiger partial charge in [-0.2, -0.15) is 0 Å². The van der Waals surface area contributed by atoms with E-state index in [9.17, 15) is 4.79 Å². The zero-order valence-corrected chi connectivity index (χ0v) is 14.3. The van der Waals surface area contributed by atoms with E-state index in [-0.39, 0.29) is 11.9 Å². The Morgan fingerprint density at radius 3 is 2.86 bits per heavy atom. The zero-order chi connectivity index (χ0) is 15.5. The molecule has 2 N–H and O–H groups in total. The van der Waals surface area contributed by atoms with Crippen molar-refractivity contribution >= 4 is 28.6 Å². The first-order chi connectivity index (χ1) is 10.6. The Morgan fingerprint density at radius 1 is 1.45 bits per heavy atom. The second-order valence-electron chi connectivity index (χ2n) is 5.88. The molecule has 0 saturated carbocycles. The molecule has 3 heterocycles. The number of thiophene rings is 1. The fourth-order valence-corrected chi connectivity index (χ4v) is 4.48. The highest BCUT2D eigenvalue weighted by Gasteiger charge is 2.25. The number of carbonyl (C=O) groups excluding carboxylic acids is 1. The van der Waals surface area contributed by atoms with Crippen LogP contribution in [0.4, 0.5) is 0 Å². The number of thiazole rings is 1. The van der Waals surface area contributed by atoms with Crippen molar-refractivity contribution in [2.75, 3.05) is 13.1 Å². The van der Waals surface area contributed by atoms with Crippen LogP contribution in [0.25, 0.3) is 9.88 Å². The smallest absolute Gasteiger partial charge is 0.228 e. The zero-order valence-electron chi connectivity index (χ0n) is 12.7. The molecule has 3 rings (SSSR count). The van der Waals surface area contributed by atoms with Crippen molar-refractivity contribution in [3.8, 4) is 9.88 Å². The molecule has 1 aliphatic rings. The molecule has 0 bridgehead atoms. The number of rotatable bonds is 4. The third kappa shape index (κ3) is 3.56. The fourth-order valence-electron chi connectivity index (χ4n) is 2.84. The number of likely N-dealkylation sites (tertiary alicyclic amines) is 1. The van der Waals surface area contributed by atoms with E-state index in [1.54, 1.807) is 22.7 Å². The molecule has 2 aromatic heterocycles. The maximum absolute atomic E-state index is 12.4. The molecule has 118 valence electrons. The monoisotopic (exact) mass is 335 g/mol. The molecule has 0 aliphatic carbocycles. The third-order valence-electron chi connectivity index (χ3n) is 4.25. The number of amides is 1. The van der Waals surface area contributed by atoms with Gasteiger partial charge in [-0.1, -0.05) is 6.07 Å². The molecule has 0 spiro atoms. The molecule has 1 amide bonds. The van der Waals surface area contributed by atoms with Crippen molar-refractivity contribution in [3.05, 3.63) is 28.6 Å². The van der Waals surface area contributed by atoms with Crippen molar-refractivity contribution in [2.24, 2.45) is 11.7 Å². The predicted octanol–water partition coefficient (Wildman–Crippen LogP) is 3.00. The molecule has 2 aromatic rings. The summed E-state index contributed by atoms with van der Waals surface area (Å²) < 4.78 is 0. The lowest BCUT2D eigenvalue weighted by atomic mass is 9.91. The number of carbonyl (C=O) groups is 1. The van der Waals surface area contributed by atoms with Crippen molar-refractivity contribution in [1.29, 1.82) is 0 Å². The topological polar surface area (TPSA) is 59.2 Å². The summed E-state index contributed by atoms with van der Waals surface area (Å²) in [5.74, 6) is 0.736. The maximum atomic E-state index is 12.4. The molecule has 22 heavy (non-hydrogen) atoms. The Balaban J connectivity index is 1.56. The first-order valence-corrected chi connectivity index (χ1v) is 9.41. The Bertz CT molecular complexity index is 613. The number of hydrogen-bond acceptors (Lipinski definition) is 5. The first kappa shape index (κ1) is 15.6. The van der Waals surface area contributed by atoms with Crippen LogP contribution in [0.3, 0.4) is 0 Å². The minimum Gasteiger partial charge on any atom is -0.342 e. The van der Waals surface area contributed by atoms with Crippen molar-refractivity contribution in [1.82, 2.24) is 9.88 Å². The number of nitrogens with two attached hydrogens (primary N) is 1. The highest BCUT2D eigenvalue weighted by molar-refractivity contribution is 7.20. The lowest BCUT2D eigenvalue weighted by Gasteiger charge is -2.33. The van der Waals surface area contributed by atoms with Gasteiger partial charge in [-0.15, -0.1) is 22.7 Å². The van der Waals surface area contributed by atoms with Crippen LogP contribution in [0.2, 0.25) is 0 Å². The van der Waals surface area contributed by atoms with Crippen molar-refractivity contribution < 1.29 is 4.79 Å². The summed E-state index contributed by atoms with van der Waals surface area (Å²) in [7, 11) is 0. The highest BCUT2D eigenvalue weighted by Crippen LogP contribution is 2.28. The molecular formula is C16H21N3OS2. The Hall–Kier alpha value is -1.24. The second kappa shape index (κ2) is 6.89. The van der Waals surface area contributed by atoms with Gasteiger partial charge in [0.1, 0.15) is 5.01 Å². The van der Waals surface area contributed by atoms with Gasteiger partial charge >= 0.3 is 0 Å². The van der Waals surface area contributed by atoms with Crippen LogP contribution >= 0.6 is 22.7 Å². The van der Waals surface area contributed by atoms with Gasteiger partial charge < -0.3 is 10.6 Å². The standard InChI is InChI=1S/C16H21N3OS2/c1-11(17)12-4-6-19(7-5-12)15(20)9-13-10-22-16(18-13)14-3-2-8-21-14/h2-3,8,10-12H,4-7,9,17H2,1H3. The Morgan fingerprint density at radius 2 is 2.23 bits per heavy atom. The summed E-state index contributed by atoms with van der Waals surface area (Å²) in [4.78, 5) is 20.1. The van der Waals surface area contributed by atoms with E-state index >= 15 is 0 Å². The minimum atomic E-state index is 0.186. The summed E-state index contributed by atoms with van der Waals surface area (Å²) in [6.45, 7) is 3.71. The Kier molecular flexibility index (Phi) is 4.90. The highest BCUT2D eigenvalue weighted by atomic mass is 32.1. The largest absolute Gasteiger partial charge is 0.342 e. The molecule has 0 radical (unpaired) electrons.